The lowest BCUT2D eigenvalue weighted by molar-refractivity contribution is 1.17. The second-order valence-electron chi connectivity index (χ2n) is 4.35. The van der Waals surface area contributed by atoms with Crippen molar-refractivity contribution in [3.8, 4) is 11.3 Å². The molecule has 0 spiro atoms. The number of pyridine rings is 1. The van der Waals surface area contributed by atoms with Crippen LogP contribution in [0.3, 0.4) is 0 Å². The van der Waals surface area contributed by atoms with E-state index in [1.54, 1.807) is 29.9 Å². The molecule has 4 N–H and O–H groups in total. The first-order chi connectivity index (χ1) is 10.1. The van der Waals surface area contributed by atoms with Gasteiger partial charge in [0.1, 0.15) is 0 Å². The number of imidazole rings is 1. The van der Waals surface area contributed by atoms with Gasteiger partial charge in [0, 0.05) is 29.0 Å². The molecular weight excluding hydrogens is 357 g/mol. The molecule has 7 nitrogen and oxygen atoms in total. The van der Waals surface area contributed by atoms with Gasteiger partial charge in [0.15, 0.2) is 4.96 Å². The lowest BCUT2D eigenvalue weighted by atomic mass is 10.1. The highest BCUT2D eigenvalue weighted by Crippen LogP contribution is 2.26. The number of nitrogens with zero attached hydrogens (tertiary/aromatic N) is 5. The van der Waals surface area contributed by atoms with Crippen LogP contribution in [0.25, 0.3) is 16.2 Å². The predicted octanol–water partition coefficient (Wildman–Crippen LogP) is 2.22. The Hall–Kier alpha value is -2.16. The van der Waals surface area contributed by atoms with Crippen molar-refractivity contribution in [2.75, 3.05) is 0 Å². The first kappa shape index (κ1) is 18.9. The zero-order valence-electron chi connectivity index (χ0n) is 12.1. The lowest BCUT2D eigenvalue weighted by Crippen LogP contribution is -2.21. The van der Waals surface area contributed by atoms with Gasteiger partial charge in [0.05, 0.1) is 17.6 Å². The topological polar surface area (TPSA) is 107 Å². The number of nitrogens with two attached hydrogens (primary N) is 2. The maximum atomic E-state index is 5.28. The van der Waals surface area contributed by atoms with Gasteiger partial charge in [-0.25, -0.2) is 4.98 Å². The number of guanidine groups is 1. The van der Waals surface area contributed by atoms with Crippen molar-refractivity contribution in [2.45, 2.75) is 6.92 Å². The molecule has 0 fully saturated rings. The van der Waals surface area contributed by atoms with Crippen molar-refractivity contribution in [3.05, 3.63) is 41.3 Å². The number of fused-ring (bicyclic) bond motifs is 1. The van der Waals surface area contributed by atoms with Crippen LogP contribution in [-0.2, 0) is 0 Å². The number of aromatic nitrogens is 3. The number of hydrogen-bond acceptors (Lipinski definition) is 5. The van der Waals surface area contributed by atoms with E-state index in [-0.39, 0.29) is 30.8 Å². The predicted molar refractivity (Wildman–Crippen MR) is 98.9 cm³/mol. The van der Waals surface area contributed by atoms with Gasteiger partial charge in [-0.05, 0) is 19.1 Å². The maximum Gasteiger partial charge on any atom is 0.211 e. The van der Waals surface area contributed by atoms with Gasteiger partial charge < -0.3 is 11.5 Å². The zero-order chi connectivity index (χ0) is 14.8. The molecule has 0 saturated carbocycles. The first-order valence-corrected chi connectivity index (χ1v) is 6.97. The summed E-state index contributed by atoms with van der Waals surface area (Å²) < 4.78 is 1.97. The Morgan fingerprint density at radius 2 is 1.96 bits per heavy atom. The van der Waals surface area contributed by atoms with E-state index in [0.29, 0.717) is 0 Å². The number of rotatable bonds is 3. The van der Waals surface area contributed by atoms with Crippen LogP contribution >= 0.6 is 36.2 Å². The standard InChI is InChI=1S/C13H13N7S.2ClH/c1-8-7-20-10(6-17-19-12(14)15)11(18-13(20)21-8)9-2-4-16-5-3-9;;/h2-7H,1H3,(H4,14,15,19);2*1H/b17-6+;;. The minimum atomic E-state index is -0.0843. The van der Waals surface area contributed by atoms with Crippen molar-refractivity contribution in [1.29, 1.82) is 0 Å². The van der Waals surface area contributed by atoms with Crippen molar-refractivity contribution >= 4 is 53.3 Å². The quantitative estimate of drug-likeness (QED) is 0.418. The van der Waals surface area contributed by atoms with Gasteiger partial charge in [0.25, 0.3) is 0 Å². The SMILES string of the molecule is Cc1cn2c(/C=N/N=C(N)N)c(-c3ccncc3)nc2s1.Cl.Cl. The number of hydrogen-bond donors (Lipinski definition) is 2. The molecule has 3 aromatic rings. The van der Waals surface area contributed by atoms with E-state index in [0.717, 1.165) is 26.8 Å². The summed E-state index contributed by atoms with van der Waals surface area (Å²) in [4.78, 5) is 10.7. The number of halogens is 2. The highest BCUT2D eigenvalue weighted by atomic mass is 35.5. The Morgan fingerprint density at radius 3 is 2.61 bits per heavy atom. The normalized spacial score (nSPS) is 10.3. The Kier molecular flexibility index (Phi) is 6.49. The van der Waals surface area contributed by atoms with E-state index in [1.807, 2.05) is 29.7 Å². The van der Waals surface area contributed by atoms with Crippen LogP contribution in [0.1, 0.15) is 10.6 Å². The smallest absolute Gasteiger partial charge is 0.211 e. The molecule has 23 heavy (non-hydrogen) atoms. The second kappa shape index (κ2) is 7.91. The van der Waals surface area contributed by atoms with E-state index in [9.17, 15) is 0 Å². The highest BCUT2D eigenvalue weighted by molar-refractivity contribution is 7.17. The minimum absolute atomic E-state index is 0. The van der Waals surface area contributed by atoms with Crippen LogP contribution in [0.4, 0.5) is 0 Å². The third kappa shape index (κ3) is 3.98. The monoisotopic (exact) mass is 371 g/mol. The van der Waals surface area contributed by atoms with Crippen LogP contribution < -0.4 is 11.5 Å². The van der Waals surface area contributed by atoms with Crippen molar-refractivity contribution < 1.29 is 0 Å². The summed E-state index contributed by atoms with van der Waals surface area (Å²) in [5.74, 6) is -0.0843. The van der Waals surface area contributed by atoms with Gasteiger partial charge in [-0.1, -0.05) is 0 Å². The molecule has 0 bridgehead atoms. The first-order valence-electron chi connectivity index (χ1n) is 6.16. The Morgan fingerprint density at radius 1 is 1.26 bits per heavy atom. The molecule has 0 radical (unpaired) electrons. The summed E-state index contributed by atoms with van der Waals surface area (Å²) in [7, 11) is 0. The van der Waals surface area contributed by atoms with E-state index in [1.165, 1.54) is 0 Å². The average Bonchev–Trinajstić information content (AvgIpc) is 2.97. The maximum absolute atomic E-state index is 5.28. The molecule has 0 aromatic carbocycles. The molecule has 3 rings (SSSR count). The van der Waals surface area contributed by atoms with Crippen LogP contribution in [0.5, 0.6) is 0 Å². The molecule has 0 aliphatic heterocycles. The molecule has 0 atom stereocenters. The molecule has 0 aliphatic carbocycles. The summed E-state index contributed by atoms with van der Waals surface area (Å²) >= 11 is 1.61. The summed E-state index contributed by atoms with van der Waals surface area (Å²) in [6, 6.07) is 3.80. The molecule has 0 amide bonds. The fraction of sp³-hybridized carbons (Fsp3) is 0.0769. The Balaban J connectivity index is 0.00000132. The average molecular weight is 372 g/mol. The van der Waals surface area contributed by atoms with Gasteiger partial charge in [-0.2, -0.15) is 5.10 Å². The van der Waals surface area contributed by atoms with Crippen LogP contribution in [0.2, 0.25) is 0 Å². The van der Waals surface area contributed by atoms with Crippen LogP contribution in [0.15, 0.2) is 40.9 Å². The molecule has 3 aromatic heterocycles. The number of thiazole rings is 1. The third-order valence-electron chi connectivity index (χ3n) is 2.79. The summed E-state index contributed by atoms with van der Waals surface area (Å²) in [6.07, 6.45) is 7.06. The van der Waals surface area contributed by atoms with Crippen molar-refractivity contribution in [1.82, 2.24) is 14.4 Å². The molecule has 3 heterocycles. The van der Waals surface area contributed by atoms with E-state index in [4.69, 9.17) is 11.5 Å². The van der Waals surface area contributed by atoms with Gasteiger partial charge in [0.2, 0.25) is 5.96 Å². The molecule has 10 heteroatoms. The summed E-state index contributed by atoms with van der Waals surface area (Å²) in [5, 5.41) is 7.54. The van der Waals surface area contributed by atoms with Crippen LogP contribution in [-0.4, -0.2) is 26.5 Å². The third-order valence-corrected chi connectivity index (χ3v) is 3.68. The summed E-state index contributed by atoms with van der Waals surface area (Å²) in [5.41, 5.74) is 13.2. The minimum Gasteiger partial charge on any atom is -0.369 e. The molecular formula is C13H15Cl2N7S. The van der Waals surface area contributed by atoms with Gasteiger partial charge in [-0.15, -0.1) is 41.3 Å². The van der Waals surface area contributed by atoms with Crippen molar-refractivity contribution in [3.63, 3.8) is 0 Å². The number of aryl methyl sites for hydroxylation is 1. The Labute approximate surface area is 149 Å². The molecule has 0 aliphatic rings. The molecule has 122 valence electrons. The molecule has 0 saturated heterocycles. The molecule has 0 unspecified atom stereocenters. The fourth-order valence-corrected chi connectivity index (χ4v) is 2.80. The highest BCUT2D eigenvalue weighted by Gasteiger charge is 2.14. The van der Waals surface area contributed by atoms with E-state index < -0.39 is 0 Å². The summed E-state index contributed by atoms with van der Waals surface area (Å²) in [6.45, 7) is 2.03. The lowest BCUT2D eigenvalue weighted by Gasteiger charge is -1.98. The largest absolute Gasteiger partial charge is 0.369 e. The fourth-order valence-electron chi connectivity index (χ4n) is 1.97. The van der Waals surface area contributed by atoms with Crippen LogP contribution in [0, 0.1) is 6.92 Å². The van der Waals surface area contributed by atoms with Gasteiger partial charge in [-0.3, -0.25) is 9.38 Å². The second-order valence-corrected chi connectivity index (χ2v) is 5.56. The zero-order valence-corrected chi connectivity index (χ0v) is 14.5. The van der Waals surface area contributed by atoms with Crippen molar-refractivity contribution in [2.24, 2.45) is 21.7 Å². The Bertz CT molecular complexity index is 835. The van der Waals surface area contributed by atoms with Gasteiger partial charge >= 0.3 is 0 Å². The van der Waals surface area contributed by atoms with E-state index >= 15 is 0 Å². The van der Waals surface area contributed by atoms with E-state index in [2.05, 4.69) is 20.2 Å².